The lowest BCUT2D eigenvalue weighted by molar-refractivity contribution is -0.170. The first kappa shape index (κ1) is 20.3. The minimum Gasteiger partial charge on any atom is -0.464 e. The zero-order valence-corrected chi connectivity index (χ0v) is 15.5. The number of aliphatic hydroxyl groups is 1. The third-order valence-electron chi connectivity index (χ3n) is 3.92. The second-order valence-electron chi connectivity index (χ2n) is 6.32. The van der Waals surface area contributed by atoms with Gasteiger partial charge in [0.05, 0.1) is 18.1 Å². The summed E-state index contributed by atoms with van der Waals surface area (Å²) in [4.78, 5) is 37.0. The van der Waals surface area contributed by atoms with E-state index in [1.165, 1.54) is 26.2 Å². The van der Waals surface area contributed by atoms with Crippen LogP contribution < -0.4 is 0 Å². The first-order valence-electron chi connectivity index (χ1n) is 8.53. The fourth-order valence-corrected chi connectivity index (χ4v) is 2.50. The molecule has 0 unspecified atom stereocenters. The highest BCUT2D eigenvalue weighted by Gasteiger charge is 2.49. The van der Waals surface area contributed by atoms with Crippen LogP contribution in [0.3, 0.4) is 0 Å². The van der Waals surface area contributed by atoms with Gasteiger partial charge in [0.2, 0.25) is 17.2 Å². The highest BCUT2D eigenvalue weighted by Crippen LogP contribution is 2.33. The maximum Gasteiger partial charge on any atom is 0.309 e. The third kappa shape index (κ3) is 4.80. The minimum absolute atomic E-state index is 0.156. The summed E-state index contributed by atoms with van der Waals surface area (Å²) < 4.78 is 10.5. The molecule has 0 amide bonds. The maximum absolute atomic E-state index is 12.7. The Hall–Kier alpha value is -2.99. The van der Waals surface area contributed by atoms with E-state index in [0.717, 1.165) is 0 Å². The van der Waals surface area contributed by atoms with Crippen LogP contribution in [0.4, 0.5) is 0 Å². The topological polar surface area (TPSA) is 89.9 Å². The van der Waals surface area contributed by atoms with Gasteiger partial charge >= 0.3 is 5.97 Å². The number of carbonyl (C=O) groups excluding carboxylic acids is 3. The molecule has 0 bridgehead atoms. The van der Waals surface area contributed by atoms with Crippen molar-refractivity contribution in [1.82, 2.24) is 0 Å². The predicted molar refractivity (Wildman–Crippen MR) is 99.2 cm³/mol. The molecule has 6 nitrogen and oxygen atoms in total. The van der Waals surface area contributed by atoms with Gasteiger partial charge in [-0.15, -0.1) is 0 Å². The van der Waals surface area contributed by atoms with Crippen LogP contribution in [0.5, 0.6) is 0 Å². The molecule has 1 aliphatic heterocycles. The molecule has 0 spiro atoms. The smallest absolute Gasteiger partial charge is 0.309 e. The first-order chi connectivity index (χ1) is 12.8. The Balaban J connectivity index is 2.21. The van der Waals surface area contributed by atoms with Gasteiger partial charge in [-0.1, -0.05) is 30.4 Å². The summed E-state index contributed by atoms with van der Waals surface area (Å²) in [5.74, 6) is -1.65. The molecule has 27 heavy (non-hydrogen) atoms. The number of ether oxygens (including phenoxy) is 2. The van der Waals surface area contributed by atoms with E-state index in [-0.39, 0.29) is 12.0 Å². The fourth-order valence-electron chi connectivity index (χ4n) is 2.50. The fraction of sp³-hybridized carbons (Fsp3) is 0.286. The molecule has 1 aliphatic carbocycles. The molecule has 0 aromatic heterocycles. The lowest BCUT2D eigenvalue weighted by atomic mass is 9.80. The van der Waals surface area contributed by atoms with E-state index < -0.39 is 29.2 Å². The van der Waals surface area contributed by atoms with Crippen LogP contribution in [0.25, 0.3) is 0 Å². The molecule has 142 valence electrons. The number of aliphatic hydroxyl groups excluding tert-OH is 1. The summed E-state index contributed by atoms with van der Waals surface area (Å²) >= 11 is 0. The van der Waals surface area contributed by atoms with Crippen molar-refractivity contribution in [2.45, 2.75) is 38.9 Å². The minimum atomic E-state index is -1.96. The Morgan fingerprint density at radius 1 is 1.26 bits per heavy atom. The van der Waals surface area contributed by atoms with Gasteiger partial charge in [0, 0.05) is 0 Å². The van der Waals surface area contributed by atoms with Crippen molar-refractivity contribution in [3.63, 3.8) is 0 Å². The number of rotatable bonds is 6. The van der Waals surface area contributed by atoms with E-state index in [1.54, 1.807) is 18.2 Å². The third-order valence-corrected chi connectivity index (χ3v) is 3.92. The monoisotopic (exact) mass is 370 g/mol. The molecule has 1 N–H and O–H groups in total. The molecule has 2 aliphatic rings. The van der Waals surface area contributed by atoms with Crippen LogP contribution in [-0.2, 0) is 23.9 Å². The molecule has 0 saturated heterocycles. The molecular weight excluding hydrogens is 348 g/mol. The van der Waals surface area contributed by atoms with Crippen molar-refractivity contribution in [2.75, 3.05) is 0 Å². The van der Waals surface area contributed by atoms with Gasteiger partial charge in [-0.05, 0) is 44.6 Å². The van der Waals surface area contributed by atoms with E-state index in [2.05, 4.69) is 0 Å². The lowest BCUT2D eigenvalue weighted by Crippen LogP contribution is -2.50. The van der Waals surface area contributed by atoms with Gasteiger partial charge in [-0.3, -0.25) is 14.4 Å². The van der Waals surface area contributed by atoms with Gasteiger partial charge in [0.15, 0.2) is 0 Å². The number of ketones is 2. The molecule has 0 radical (unpaired) electrons. The van der Waals surface area contributed by atoms with Gasteiger partial charge in [-0.25, -0.2) is 0 Å². The second-order valence-corrected chi connectivity index (χ2v) is 6.32. The van der Waals surface area contributed by atoms with Gasteiger partial charge in [0.25, 0.3) is 0 Å². The van der Waals surface area contributed by atoms with E-state index in [9.17, 15) is 19.5 Å². The number of carbonyl (C=O) groups is 3. The van der Waals surface area contributed by atoms with Crippen LogP contribution in [0.15, 0.2) is 71.8 Å². The number of hydrogen-bond donors (Lipinski definition) is 1. The van der Waals surface area contributed by atoms with E-state index >= 15 is 0 Å². The van der Waals surface area contributed by atoms with Gasteiger partial charge in [-0.2, -0.15) is 0 Å². The summed E-state index contributed by atoms with van der Waals surface area (Å²) in [6.07, 6.45) is 13.7. The van der Waals surface area contributed by atoms with Crippen molar-refractivity contribution in [2.24, 2.45) is 0 Å². The normalized spacial score (nSPS) is 23.8. The number of fused-ring (bicyclic) bond motifs is 1. The maximum atomic E-state index is 12.7. The number of allylic oxidation sites excluding steroid dienone is 8. The van der Waals surface area contributed by atoms with Crippen LogP contribution >= 0.6 is 0 Å². The Morgan fingerprint density at radius 2 is 1.96 bits per heavy atom. The second kappa shape index (κ2) is 8.60. The van der Waals surface area contributed by atoms with E-state index in [1.807, 2.05) is 31.2 Å². The average Bonchev–Trinajstić information content (AvgIpc) is 2.59. The van der Waals surface area contributed by atoms with Crippen molar-refractivity contribution in [3.05, 3.63) is 71.8 Å². The molecule has 0 aromatic rings. The Morgan fingerprint density at radius 3 is 2.63 bits per heavy atom. The van der Waals surface area contributed by atoms with Crippen LogP contribution in [0.2, 0.25) is 0 Å². The molecule has 1 heterocycles. The molecule has 0 saturated carbocycles. The summed E-state index contributed by atoms with van der Waals surface area (Å²) in [6, 6.07) is 0. The van der Waals surface area contributed by atoms with Crippen molar-refractivity contribution >= 4 is 17.5 Å². The summed E-state index contributed by atoms with van der Waals surface area (Å²) in [5, 5.41) is 9.27. The Labute approximate surface area is 157 Å². The van der Waals surface area contributed by atoms with Crippen molar-refractivity contribution in [3.8, 4) is 0 Å². The summed E-state index contributed by atoms with van der Waals surface area (Å²) in [6.45, 7) is 4.57. The standard InChI is InChI=1S/C21H22O6/c1-4-5-6-7-8-9-16-11-15-12-18(23)21(3,20(25)17(15)13-26-16)27-19(24)10-14(2)22/h4-9,11-14,22H,10H2,1-3H3/b5-4+,7-6+,9-8+/t14-,21-/m0/s1. The predicted octanol–water partition coefficient (Wildman–Crippen LogP) is 2.62. The van der Waals surface area contributed by atoms with Gasteiger partial charge in [0.1, 0.15) is 12.0 Å². The SMILES string of the molecule is C/C=C/C=C/C=C/C1=CC2=CC(=O)[C@](C)(OC(=O)C[C@H](C)O)C(=O)C2=CO1. The quantitative estimate of drug-likeness (QED) is 0.439. The van der Waals surface area contributed by atoms with Crippen LogP contribution in [0.1, 0.15) is 27.2 Å². The zero-order valence-electron chi connectivity index (χ0n) is 15.5. The number of Topliss-reactive ketones (excluding diaryl/α,β-unsaturated/α-hetero) is 1. The molecule has 6 heteroatoms. The largest absolute Gasteiger partial charge is 0.464 e. The number of hydrogen-bond acceptors (Lipinski definition) is 6. The molecule has 0 fully saturated rings. The van der Waals surface area contributed by atoms with E-state index in [4.69, 9.17) is 9.47 Å². The Bertz CT molecular complexity index is 820. The van der Waals surface area contributed by atoms with Crippen LogP contribution in [0, 0.1) is 0 Å². The zero-order chi connectivity index (χ0) is 20.0. The summed E-state index contributed by atoms with van der Waals surface area (Å²) in [5.41, 5.74) is -1.40. The van der Waals surface area contributed by atoms with E-state index in [0.29, 0.717) is 11.3 Å². The highest BCUT2D eigenvalue weighted by atomic mass is 16.6. The average molecular weight is 370 g/mol. The van der Waals surface area contributed by atoms with Crippen molar-refractivity contribution < 1.29 is 29.0 Å². The molecule has 2 rings (SSSR count). The highest BCUT2D eigenvalue weighted by molar-refractivity contribution is 6.26. The Kier molecular flexibility index (Phi) is 6.47. The summed E-state index contributed by atoms with van der Waals surface area (Å²) in [7, 11) is 0. The molecule has 2 atom stereocenters. The van der Waals surface area contributed by atoms with Gasteiger partial charge < -0.3 is 14.6 Å². The number of esters is 1. The first-order valence-corrected chi connectivity index (χ1v) is 8.53. The van der Waals surface area contributed by atoms with Crippen molar-refractivity contribution in [1.29, 1.82) is 0 Å². The lowest BCUT2D eigenvalue weighted by Gasteiger charge is -2.31. The molecule has 0 aromatic carbocycles. The van der Waals surface area contributed by atoms with Crippen LogP contribution in [-0.4, -0.2) is 34.3 Å². The molecular formula is C21H22O6.